The molecule has 8 heteroatoms. The van der Waals surface area contributed by atoms with Crippen LogP contribution in [0.5, 0.6) is 0 Å². The lowest BCUT2D eigenvalue weighted by Crippen LogP contribution is -2.43. The van der Waals surface area contributed by atoms with Crippen LogP contribution in [0.1, 0.15) is 52.4 Å². The average molecular weight is 450 g/mol. The Morgan fingerprint density at radius 3 is 2.88 bits per heavy atom. The minimum atomic E-state index is -0.0668. The van der Waals surface area contributed by atoms with Gasteiger partial charge in [0.2, 0.25) is 0 Å². The molecule has 0 spiro atoms. The van der Waals surface area contributed by atoms with Gasteiger partial charge in [-0.15, -0.1) is 11.3 Å². The number of carbonyl (C=O) groups is 1. The number of thiophene rings is 1. The lowest BCUT2D eigenvalue weighted by atomic mass is 10.0. The fourth-order valence-electron chi connectivity index (χ4n) is 4.86. The second-order valence-corrected chi connectivity index (χ2v) is 9.80. The van der Waals surface area contributed by atoms with Crippen molar-refractivity contribution in [2.24, 2.45) is 7.05 Å². The molecule has 4 heterocycles. The van der Waals surface area contributed by atoms with Crippen LogP contribution in [0.15, 0.2) is 29.3 Å². The SMILES string of the molecule is CCc1c(C)sc2ncn([C@H]3CCCN(C(=O)c4ccc5c(c4)nc(C)n5C)C3)c(=O)c12. The van der Waals surface area contributed by atoms with E-state index in [1.807, 2.05) is 41.6 Å². The highest BCUT2D eigenvalue weighted by atomic mass is 32.1. The number of amides is 1. The third-order valence-electron chi connectivity index (χ3n) is 6.72. The number of imidazole rings is 1. The normalized spacial score (nSPS) is 16.9. The van der Waals surface area contributed by atoms with Crippen LogP contribution in [0.2, 0.25) is 0 Å². The molecule has 3 aromatic heterocycles. The first kappa shape index (κ1) is 20.9. The minimum Gasteiger partial charge on any atom is -0.337 e. The Morgan fingerprint density at radius 2 is 2.09 bits per heavy atom. The molecular weight excluding hydrogens is 422 g/mol. The molecule has 0 bridgehead atoms. The zero-order chi connectivity index (χ0) is 22.6. The molecule has 1 aliphatic heterocycles. The molecule has 1 fully saturated rings. The Morgan fingerprint density at radius 1 is 1.28 bits per heavy atom. The Bertz CT molecular complexity index is 1410. The fourth-order valence-corrected chi connectivity index (χ4v) is 5.93. The van der Waals surface area contributed by atoms with E-state index in [0.29, 0.717) is 18.7 Å². The number of fused-ring (bicyclic) bond motifs is 2. The van der Waals surface area contributed by atoms with Crippen LogP contribution in [0, 0.1) is 13.8 Å². The summed E-state index contributed by atoms with van der Waals surface area (Å²) in [5, 5.41) is 0.747. The molecule has 32 heavy (non-hydrogen) atoms. The molecule has 1 atom stereocenters. The number of aryl methyl sites for hydroxylation is 4. The molecule has 1 aromatic carbocycles. The van der Waals surface area contributed by atoms with Gasteiger partial charge in [0.25, 0.3) is 11.5 Å². The van der Waals surface area contributed by atoms with E-state index in [1.54, 1.807) is 22.2 Å². The number of hydrogen-bond donors (Lipinski definition) is 0. The summed E-state index contributed by atoms with van der Waals surface area (Å²) in [4.78, 5) is 39.6. The van der Waals surface area contributed by atoms with E-state index in [4.69, 9.17) is 0 Å². The topological polar surface area (TPSA) is 73.0 Å². The van der Waals surface area contributed by atoms with Crippen molar-refractivity contribution in [2.75, 3.05) is 13.1 Å². The maximum Gasteiger partial charge on any atom is 0.262 e. The Kier molecular flexibility index (Phi) is 5.12. The van der Waals surface area contributed by atoms with E-state index in [0.717, 1.165) is 56.8 Å². The van der Waals surface area contributed by atoms with Gasteiger partial charge in [0.05, 0.1) is 28.8 Å². The molecule has 5 rings (SSSR count). The lowest BCUT2D eigenvalue weighted by molar-refractivity contribution is 0.0677. The van der Waals surface area contributed by atoms with Gasteiger partial charge >= 0.3 is 0 Å². The first-order chi connectivity index (χ1) is 15.4. The van der Waals surface area contributed by atoms with Gasteiger partial charge in [-0.05, 0) is 56.9 Å². The Balaban J connectivity index is 1.45. The molecular formula is C24H27N5O2S. The number of rotatable bonds is 3. The Hall–Kier alpha value is -3.00. The van der Waals surface area contributed by atoms with Crippen molar-refractivity contribution in [1.29, 1.82) is 0 Å². The summed E-state index contributed by atoms with van der Waals surface area (Å²) >= 11 is 1.58. The second kappa shape index (κ2) is 7.85. The maximum absolute atomic E-state index is 13.4. The minimum absolute atomic E-state index is 0.0115. The fraction of sp³-hybridized carbons (Fsp3) is 0.417. The summed E-state index contributed by atoms with van der Waals surface area (Å²) in [6.45, 7) is 7.28. The highest BCUT2D eigenvalue weighted by Gasteiger charge is 2.27. The molecule has 0 N–H and O–H groups in total. The average Bonchev–Trinajstić information content (AvgIpc) is 3.28. The summed E-state index contributed by atoms with van der Waals surface area (Å²) in [6, 6.07) is 5.63. The summed E-state index contributed by atoms with van der Waals surface area (Å²) in [7, 11) is 1.98. The number of benzene rings is 1. The molecule has 0 unspecified atom stereocenters. The maximum atomic E-state index is 13.4. The second-order valence-electron chi connectivity index (χ2n) is 8.60. The standard InChI is InChI=1S/C24H27N5O2S/c1-5-18-14(2)32-22-21(18)24(31)29(13-25-22)17-7-6-10-28(12-17)23(30)16-8-9-20-19(11-16)26-15(3)27(20)4/h8-9,11,13,17H,5-7,10,12H2,1-4H3/t17-/m0/s1. The van der Waals surface area contributed by atoms with E-state index in [1.165, 1.54) is 0 Å². The third-order valence-corrected chi connectivity index (χ3v) is 7.78. The van der Waals surface area contributed by atoms with E-state index in [9.17, 15) is 9.59 Å². The Labute approximate surface area is 190 Å². The van der Waals surface area contributed by atoms with E-state index < -0.39 is 0 Å². The molecule has 0 radical (unpaired) electrons. The molecule has 7 nitrogen and oxygen atoms in total. The number of carbonyl (C=O) groups excluding carboxylic acids is 1. The van der Waals surface area contributed by atoms with Crippen molar-refractivity contribution >= 4 is 38.5 Å². The monoisotopic (exact) mass is 449 g/mol. The number of likely N-dealkylation sites (tertiary alicyclic amines) is 1. The predicted molar refractivity (Wildman–Crippen MR) is 128 cm³/mol. The van der Waals surface area contributed by atoms with Gasteiger partial charge in [0, 0.05) is 30.6 Å². The highest BCUT2D eigenvalue weighted by molar-refractivity contribution is 7.18. The van der Waals surface area contributed by atoms with Crippen molar-refractivity contribution in [1.82, 2.24) is 24.0 Å². The van der Waals surface area contributed by atoms with Crippen LogP contribution in [-0.4, -0.2) is 43.0 Å². The van der Waals surface area contributed by atoms with E-state index >= 15 is 0 Å². The molecule has 1 amide bonds. The van der Waals surface area contributed by atoms with Crippen LogP contribution in [0.3, 0.4) is 0 Å². The highest BCUT2D eigenvalue weighted by Crippen LogP contribution is 2.29. The number of hydrogen-bond acceptors (Lipinski definition) is 5. The van der Waals surface area contributed by atoms with Crippen LogP contribution >= 0.6 is 11.3 Å². The van der Waals surface area contributed by atoms with Gasteiger partial charge in [-0.3, -0.25) is 14.2 Å². The summed E-state index contributed by atoms with van der Waals surface area (Å²) < 4.78 is 3.77. The zero-order valence-electron chi connectivity index (χ0n) is 18.9. The van der Waals surface area contributed by atoms with Crippen LogP contribution in [0.25, 0.3) is 21.3 Å². The largest absolute Gasteiger partial charge is 0.337 e. The first-order valence-corrected chi connectivity index (χ1v) is 11.9. The van der Waals surface area contributed by atoms with Gasteiger partial charge in [0.15, 0.2) is 0 Å². The molecule has 0 aliphatic carbocycles. The van der Waals surface area contributed by atoms with Gasteiger partial charge in [0.1, 0.15) is 10.7 Å². The zero-order valence-corrected chi connectivity index (χ0v) is 19.7. The summed E-state index contributed by atoms with van der Waals surface area (Å²) in [5.41, 5.74) is 3.59. The summed E-state index contributed by atoms with van der Waals surface area (Å²) in [6.07, 6.45) is 4.20. The van der Waals surface area contributed by atoms with Gasteiger partial charge in [-0.1, -0.05) is 6.92 Å². The van der Waals surface area contributed by atoms with Gasteiger partial charge in [-0.25, -0.2) is 9.97 Å². The first-order valence-electron chi connectivity index (χ1n) is 11.1. The van der Waals surface area contributed by atoms with Crippen LogP contribution in [-0.2, 0) is 13.5 Å². The predicted octanol–water partition coefficient (Wildman–Crippen LogP) is 4.00. The quantitative estimate of drug-likeness (QED) is 0.474. The van der Waals surface area contributed by atoms with Crippen molar-refractivity contribution < 1.29 is 4.79 Å². The smallest absolute Gasteiger partial charge is 0.262 e. The number of piperidine rings is 1. The van der Waals surface area contributed by atoms with Crippen molar-refractivity contribution in [3.05, 3.63) is 56.7 Å². The molecule has 4 aromatic rings. The molecule has 1 saturated heterocycles. The van der Waals surface area contributed by atoms with Crippen molar-refractivity contribution in [3.63, 3.8) is 0 Å². The van der Waals surface area contributed by atoms with E-state index in [-0.39, 0.29) is 17.5 Å². The molecule has 0 saturated carbocycles. The van der Waals surface area contributed by atoms with Gasteiger partial charge < -0.3 is 9.47 Å². The number of aromatic nitrogens is 4. The van der Waals surface area contributed by atoms with Crippen LogP contribution < -0.4 is 5.56 Å². The lowest BCUT2D eigenvalue weighted by Gasteiger charge is -2.33. The van der Waals surface area contributed by atoms with Gasteiger partial charge in [-0.2, -0.15) is 0 Å². The molecule has 1 aliphatic rings. The van der Waals surface area contributed by atoms with Crippen LogP contribution in [0.4, 0.5) is 0 Å². The third kappa shape index (κ3) is 3.24. The van der Waals surface area contributed by atoms with E-state index in [2.05, 4.69) is 23.8 Å². The molecule has 166 valence electrons. The number of nitrogens with zero attached hydrogens (tertiary/aromatic N) is 5. The van der Waals surface area contributed by atoms with Crippen molar-refractivity contribution in [3.8, 4) is 0 Å². The summed E-state index contributed by atoms with van der Waals surface area (Å²) in [5.74, 6) is 0.905. The van der Waals surface area contributed by atoms with Crippen molar-refractivity contribution in [2.45, 2.75) is 46.1 Å².